The van der Waals surface area contributed by atoms with E-state index in [-0.39, 0.29) is 0 Å². The molecule has 0 amide bonds. The smallest absolute Gasteiger partial charge is 0.128 e. The Morgan fingerprint density at radius 3 is 2.88 bits per heavy atom. The van der Waals surface area contributed by atoms with Gasteiger partial charge >= 0.3 is 0 Å². The SMILES string of the molecule is CCCn1cc(CN2CCCN(c3cccc(C(C)O)n3)CC2)cn1. The molecule has 1 saturated heterocycles. The van der Waals surface area contributed by atoms with E-state index in [0.29, 0.717) is 0 Å². The summed E-state index contributed by atoms with van der Waals surface area (Å²) in [7, 11) is 0. The van der Waals surface area contributed by atoms with Crippen molar-refractivity contribution in [2.75, 3.05) is 31.1 Å². The van der Waals surface area contributed by atoms with Crippen LogP contribution < -0.4 is 4.90 Å². The molecule has 1 aliphatic heterocycles. The van der Waals surface area contributed by atoms with Gasteiger partial charge in [-0.1, -0.05) is 13.0 Å². The summed E-state index contributed by atoms with van der Waals surface area (Å²) in [6.45, 7) is 9.93. The van der Waals surface area contributed by atoms with E-state index in [4.69, 9.17) is 0 Å². The van der Waals surface area contributed by atoms with Crippen LogP contribution in [0, 0.1) is 0 Å². The first-order valence-electron chi connectivity index (χ1n) is 9.29. The molecule has 136 valence electrons. The predicted molar refractivity (Wildman–Crippen MR) is 99.5 cm³/mol. The molecule has 2 aromatic rings. The van der Waals surface area contributed by atoms with Gasteiger partial charge in [-0.05, 0) is 31.9 Å². The molecule has 25 heavy (non-hydrogen) atoms. The molecule has 0 bridgehead atoms. The van der Waals surface area contributed by atoms with Gasteiger partial charge in [-0.3, -0.25) is 9.58 Å². The Balaban J connectivity index is 1.59. The van der Waals surface area contributed by atoms with Crippen molar-refractivity contribution >= 4 is 5.82 Å². The van der Waals surface area contributed by atoms with Crippen LogP contribution >= 0.6 is 0 Å². The highest BCUT2D eigenvalue weighted by Gasteiger charge is 2.17. The Bertz CT molecular complexity index is 669. The number of aryl methyl sites for hydroxylation is 1. The Labute approximate surface area is 150 Å². The summed E-state index contributed by atoms with van der Waals surface area (Å²) in [4.78, 5) is 9.43. The Morgan fingerprint density at radius 1 is 1.20 bits per heavy atom. The van der Waals surface area contributed by atoms with Gasteiger partial charge in [0.1, 0.15) is 5.82 Å². The summed E-state index contributed by atoms with van der Waals surface area (Å²) in [5, 5.41) is 14.2. The van der Waals surface area contributed by atoms with Crippen LogP contribution in [0.4, 0.5) is 5.82 Å². The highest BCUT2D eigenvalue weighted by molar-refractivity contribution is 5.39. The Hall–Kier alpha value is -1.92. The topological polar surface area (TPSA) is 57.4 Å². The van der Waals surface area contributed by atoms with E-state index in [1.165, 1.54) is 5.56 Å². The molecule has 1 N–H and O–H groups in total. The second-order valence-electron chi connectivity index (χ2n) is 6.83. The molecular weight excluding hydrogens is 314 g/mol. The summed E-state index contributed by atoms with van der Waals surface area (Å²) >= 11 is 0. The molecular formula is C19H29N5O. The maximum Gasteiger partial charge on any atom is 0.128 e. The lowest BCUT2D eigenvalue weighted by molar-refractivity contribution is 0.194. The molecule has 3 heterocycles. The Morgan fingerprint density at radius 2 is 2.08 bits per heavy atom. The largest absolute Gasteiger partial charge is 0.387 e. The lowest BCUT2D eigenvalue weighted by Crippen LogP contribution is -2.31. The number of hydrogen-bond acceptors (Lipinski definition) is 5. The second-order valence-corrected chi connectivity index (χ2v) is 6.83. The summed E-state index contributed by atoms with van der Waals surface area (Å²) in [5.41, 5.74) is 2.03. The fourth-order valence-corrected chi connectivity index (χ4v) is 3.30. The van der Waals surface area contributed by atoms with Crippen molar-refractivity contribution in [3.05, 3.63) is 41.9 Å². The van der Waals surface area contributed by atoms with E-state index in [1.54, 1.807) is 6.92 Å². The van der Waals surface area contributed by atoms with E-state index in [1.807, 2.05) is 29.1 Å². The number of anilines is 1. The number of rotatable bonds is 6. The van der Waals surface area contributed by atoms with Crippen LogP contribution in [0.5, 0.6) is 0 Å². The molecule has 1 atom stereocenters. The first-order valence-corrected chi connectivity index (χ1v) is 9.29. The highest BCUT2D eigenvalue weighted by atomic mass is 16.3. The van der Waals surface area contributed by atoms with Gasteiger partial charge in [-0.25, -0.2) is 4.98 Å². The van der Waals surface area contributed by atoms with Gasteiger partial charge in [-0.2, -0.15) is 5.10 Å². The van der Waals surface area contributed by atoms with E-state index in [2.05, 4.69) is 33.0 Å². The maximum atomic E-state index is 9.75. The number of aliphatic hydroxyl groups excluding tert-OH is 1. The average Bonchev–Trinajstić information content (AvgIpc) is 2.91. The third kappa shape index (κ3) is 4.80. The van der Waals surface area contributed by atoms with Gasteiger partial charge in [-0.15, -0.1) is 0 Å². The monoisotopic (exact) mass is 343 g/mol. The number of nitrogens with zero attached hydrogens (tertiary/aromatic N) is 5. The summed E-state index contributed by atoms with van der Waals surface area (Å²) in [5.74, 6) is 0.969. The molecule has 6 nitrogen and oxygen atoms in total. The zero-order valence-electron chi connectivity index (χ0n) is 15.3. The van der Waals surface area contributed by atoms with Crippen molar-refractivity contribution < 1.29 is 5.11 Å². The van der Waals surface area contributed by atoms with E-state index >= 15 is 0 Å². The summed E-state index contributed by atoms with van der Waals surface area (Å²) < 4.78 is 2.03. The molecule has 2 aromatic heterocycles. The van der Waals surface area contributed by atoms with Gasteiger partial charge in [0.25, 0.3) is 0 Å². The minimum atomic E-state index is -0.525. The van der Waals surface area contributed by atoms with E-state index < -0.39 is 6.10 Å². The standard InChI is InChI=1S/C19H29N5O/c1-3-8-24-15-17(13-20-24)14-22-9-5-10-23(12-11-22)19-7-4-6-18(21-19)16(2)25/h4,6-7,13,15-16,25H,3,5,8-12,14H2,1-2H3. The molecule has 0 saturated carbocycles. The third-order valence-corrected chi connectivity index (χ3v) is 4.64. The summed E-state index contributed by atoms with van der Waals surface area (Å²) in [6, 6.07) is 5.90. The predicted octanol–water partition coefficient (Wildman–Crippen LogP) is 2.45. The highest BCUT2D eigenvalue weighted by Crippen LogP contribution is 2.18. The van der Waals surface area contributed by atoms with Crippen LogP contribution in [-0.4, -0.2) is 50.9 Å². The van der Waals surface area contributed by atoms with Crippen LogP contribution in [0.1, 0.15) is 44.1 Å². The maximum absolute atomic E-state index is 9.75. The number of hydrogen-bond donors (Lipinski definition) is 1. The van der Waals surface area contributed by atoms with Crippen LogP contribution in [0.3, 0.4) is 0 Å². The number of aliphatic hydroxyl groups is 1. The molecule has 0 aliphatic carbocycles. The quantitative estimate of drug-likeness (QED) is 0.873. The molecule has 0 radical (unpaired) electrons. The zero-order chi connectivity index (χ0) is 17.6. The van der Waals surface area contributed by atoms with Crippen molar-refractivity contribution in [2.45, 2.75) is 45.9 Å². The Kier molecular flexibility index (Phi) is 6.04. The van der Waals surface area contributed by atoms with Crippen LogP contribution in [0.2, 0.25) is 0 Å². The minimum Gasteiger partial charge on any atom is -0.387 e. The normalized spacial score (nSPS) is 17.5. The molecule has 1 unspecified atom stereocenters. The van der Waals surface area contributed by atoms with Gasteiger partial charge in [0.15, 0.2) is 0 Å². The van der Waals surface area contributed by atoms with Crippen molar-refractivity contribution in [3.63, 3.8) is 0 Å². The molecule has 6 heteroatoms. The van der Waals surface area contributed by atoms with E-state index in [9.17, 15) is 5.11 Å². The minimum absolute atomic E-state index is 0.525. The van der Waals surface area contributed by atoms with Crippen LogP contribution in [0.25, 0.3) is 0 Å². The fourth-order valence-electron chi connectivity index (χ4n) is 3.30. The molecule has 1 fully saturated rings. The second kappa shape index (κ2) is 8.45. The zero-order valence-corrected chi connectivity index (χ0v) is 15.3. The van der Waals surface area contributed by atoms with E-state index in [0.717, 1.165) is 63.6 Å². The first-order chi connectivity index (χ1) is 12.2. The summed E-state index contributed by atoms with van der Waals surface area (Å²) in [6.07, 6.45) is 5.86. The molecule has 3 rings (SSSR count). The average molecular weight is 343 g/mol. The van der Waals surface area contributed by atoms with Crippen molar-refractivity contribution in [3.8, 4) is 0 Å². The number of aromatic nitrogens is 3. The fraction of sp³-hybridized carbons (Fsp3) is 0.579. The third-order valence-electron chi connectivity index (χ3n) is 4.64. The molecule has 0 spiro atoms. The first kappa shape index (κ1) is 17.9. The van der Waals surface area contributed by atoms with Gasteiger partial charge < -0.3 is 10.0 Å². The lowest BCUT2D eigenvalue weighted by Gasteiger charge is -2.23. The van der Waals surface area contributed by atoms with Crippen molar-refractivity contribution in [1.29, 1.82) is 0 Å². The van der Waals surface area contributed by atoms with Crippen molar-refractivity contribution in [2.24, 2.45) is 0 Å². The van der Waals surface area contributed by atoms with Gasteiger partial charge in [0.05, 0.1) is 18.0 Å². The van der Waals surface area contributed by atoms with Crippen molar-refractivity contribution in [1.82, 2.24) is 19.7 Å². The van der Waals surface area contributed by atoms with Crippen LogP contribution in [0.15, 0.2) is 30.6 Å². The lowest BCUT2D eigenvalue weighted by atomic mass is 10.2. The molecule has 1 aliphatic rings. The van der Waals surface area contributed by atoms with Crippen LogP contribution in [-0.2, 0) is 13.1 Å². The molecule has 0 aromatic carbocycles. The van der Waals surface area contributed by atoms with Gasteiger partial charge in [0.2, 0.25) is 0 Å². The van der Waals surface area contributed by atoms with Gasteiger partial charge in [0, 0.05) is 51.0 Å². The number of pyridine rings is 1.